The molecule has 5 nitrogen and oxygen atoms in total. The largest absolute Gasteiger partial charge is 0.462 e. The molecule has 0 spiro atoms. The second-order valence-corrected chi connectivity index (χ2v) is 22.2. The van der Waals surface area contributed by atoms with E-state index in [4.69, 9.17) is 9.47 Å². The van der Waals surface area contributed by atoms with Gasteiger partial charge in [0.25, 0.3) is 0 Å². The van der Waals surface area contributed by atoms with Gasteiger partial charge in [0, 0.05) is 12.8 Å². The highest BCUT2D eigenvalue weighted by molar-refractivity contribution is 5.70. The molecule has 0 fully saturated rings. The fourth-order valence-corrected chi connectivity index (χ4v) is 9.69. The maximum absolute atomic E-state index is 12.3. The van der Waals surface area contributed by atoms with Crippen molar-refractivity contribution in [3.63, 3.8) is 0 Å². The summed E-state index contributed by atoms with van der Waals surface area (Å²) in [5, 5.41) is 9.69. The summed E-state index contributed by atoms with van der Waals surface area (Å²) in [6.07, 6.45) is 95.6. The van der Waals surface area contributed by atoms with Crippen LogP contribution < -0.4 is 0 Å². The molecular formula is C72H126O5. The van der Waals surface area contributed by atoms with Crippen molar-refractivity contribution in [3.8, 4) is 0 Å². The lowest BCUT2D eigenvalue weighted by Gasteiger charge is -2.15. The van der Waals surface area contributed by atoms with E-state index in [1.165, 1.54) is 205 Å². The molecule has 0 amide bonds. The number of carbonyl (C=O) groups excluding carboxylic acids is 2. The van der Waals surface area contributed by atoms with E-state index in [0.717, 1.165) is 96.3 Å². The van der Waals surface area contributed by atoms with E-state index < -0.39 is 6.10 Å². The van der Waals surface area contributed by atoms with Crippen LogP contribution in [0.2, 0.25) is 0 Å². The first-order chi connectivity index (χ1) is 38.1. The van der Waals surface area contributed by atoms with Crippen molar-refractivity contribution in [1.82, 2.24) is 0 Å². The number of aliphatic hydroxyl groups excluding tert-OH is 1. The molecule has 1 unspecified atom stereocenters. The van der Waals surface area contributed by atoms with Crippen LogP contribution in [0.15, 0.2) is 97.2 Å². The molecule has 0 saturated heterocycles. The summed E-state index contributed by atoms with van der Waals surface area (Å²) >= 11 is 0. The predicted molar refractivity (Wildman–Crippen MR) is 339 cm³/mol. The predicted octanol–water partition coefficient (Wildman–Crippen LogP) is 23.0. The van der Waals surface area contributed by atoms with E-state index in [2.05, 4.69) is 111 Å². The Labute approximate surface area is 478 Å². The lowest BCUT2D eigenvalue weighted by atomic mass is 10.0. The normalized spacial score (nSPS) is 12.8. The van der Waals surface area contributed by atoms with Gasteiger partial charge in [-0.15, -0.1) is 0 Å². The second-order valence-electron chi connectivity index (χ2n) is 22.2. The molecule has 0 rings (SSSR count). The van der Waals surface area contributed by atoms with Crippen molar-refractivity contribution < 1.29 is 24.2 Å². The first-order valence-electron chi connectivity index (χ1n) is 33.3. The monoisotopic (exact) mass is 1070 g/mol. The Morgan fingerprint density at radius 3 is 0.844 bits per heavy atom. The van der Waals surface area contributed by atoms with E-state index in [9.17, 15) is 14.7 Å². The van der Waals surface area contributed by atoms with Crippen LogP contribution in [0.25, 0.3) is 0 Å². The lowest BCUT2D eigenvalue weighted by molar-refractivity contribution is -0.161. The Morgan fingerprint density at radius 1 is 0.312 bits per heavy atom. The van der Waals surface area contributed by atoms with Gasteiger partial charge in [0.1, 0.15) is 6.61 Å². The van der Waals surface area contributed by atoms with Gasteiger partial charge in [-0.25, -0.2) is 0 Å². The Balaban J connectivity index is 3.50. The van der Waals surface area contributed by atoms with Crippen LogP contribution in [0, 0.1) is 0 Å². The molecule has 0 aliphatic carbocycles. The van der Waals surface area contributed by atoms with E-state index in [-0.39, 0.29) is 25.2 Å². The number of allylic oxidation sites excluding steroid dienone is 16. The highest BCUT2D eigenvalue weighted by Crippen LogP contribution is 2.18. The van der Waals surface area contributed by atoms with Crippen molar-refractivity contribution in [3.05, 3.63) is 97.2 Å². The number of hydrogen-bond donors (Lipinski definition) is 1. The third-order valence-corrected chi connectivity index (χ3v) is 14.6. The van der Waals surface area contributed by atoms with Gasteiger partial charge in [0.2, 0.25) is 0 Å². The molecule has 0 bridgehead atoms. The average molecular weight is 1070 g/mol. The van der Waals surface area contributed by atoms with E-state index in [1.807, 2.05) is 0 Å². The second kappa shape index (κ2) is 67.1. The van der Waals surface area contributed by atoms with Crippen molar-refractivity contribution in [2.75, 3.05) is 13.2 Å². The molecule has 1 N–H and O–H groups in total. The van der Waals surface area contributed by atoms with Crippen LogP contribution >= 0.6 is 0 Å². The van der Waals surface area contributed by atoms with Crippen LogP contribution in [0.5, 0.6) is 0 Å². The number of rotatable bonds is 61. The topological polar surface area (TPSA) is 72.8 Å². The maximum atomic E-state index is 12.3. The summed E-state index contributed by atoms with van der Waals surface area (Å²) in [7, 11) is 0. The third-order valence-electron chi connectivity index (χ3n) is 14.6. The Bertz CT molecular complexity index is 1450. The van der Waals surface area contributed by atoms with Crippen molar-refractivity contribution in [2.24, 2.45) is 0 Å². The Morgan fingerprint density at radius 2 is 0.558 bits per heavy atom. The first-order valence-corrected chi connectivity index (χ1v) is 33.3. The highest BCUT2D eigenvalue weighted by Gasteiger charge is 2.16. The molecule has 0 aromatic carbocycles. The average Bonchev–Trinajstić information content (AvgIpc) is 3.43. The van der Waals surface area contributed by atoms with Gasteiger partial charge in [-0.3, -0.25) is 9.59 Å². The minimum absolute atomic E-state index is 0.0702. The quantitative estimate of drug-likeness (QED) is 0.0373. The van der Waals surface area contributed by atoms with Crippen LogP contribution in [0.4, 0.5) is 0 Å². The van der Waals surface area contributed by atoms with E-state index >= 15 is 0 Å². The molecule has 1 atom stereocenters. The summed E-state index contributed by atoms with van der Waals surface area (Å²) in [5.74, 6) is -0.591. The number of unbranched alkanes of at least 4 members (excludes halogenated alkanes) is 37. The molecule has 0 heterocycles. The van der Waals surface area contributed by atoms with E-state index in [0.29, 0.717) is 12.8 Å². The SMILES string of the molecule is CC/C=C\C/C=C\C/C=C\C/C=C\C/C=C\C/C=C\C/C=C\C/C=C\CCCCCCCCCCC(=O)OC(CO)COC(=O)CCCCCCCCCCCCCCCCCCCCCCCCCCCCCCCC. The van der Waals surface area contributed by atoms with Gasteiger partial charge < -0.3 is 14.6 Å². The molecule has 0 aromatic heterocycles. The van der Waals surface area contributed by atoms with Gasteiger partial charge in [-0.2, -0.15) is 0 Å². The van der Waals surface area contributed by atoms with Gasteiger partial charge in [0.15, 0.2) is 6.10 Å². The molecule has 77 heavy (non-hydrogen) atoms. The Kier molecular flexibility index (Phi) is 64.3. The van der Waals surface area contributed by atoms with Crippen LogP contribution in [-0.2, 0) is 19.1 Å². The smallest absolute Gasteiger partial charge is 0.306 e. The zero-order valence-corrected chi connectivity index (χ0v) is 51.0. The standard InChI is InChI=1S/C72H126O5/c1-3-5-7-9-11-13-15-17-19-21-23-25-27-29-31-33-35-36-37-39-41-43-45-47-49-51-53-55-57-59-61-63-65-67-72(75)77-70(68-73)69-76-71(74)66-64-62-60-58-56-54-52-50-48-46-44-42-40-38-34-32-30-28-26-24-22-20-18-16-14-12-10-8-6-4-2/h5,7,11,13,17,19,23,25,29,31,35-36,39,41,45,47,70,73H,3-4,6,8-10,12,14-16,18,20-22,24,26-28,30,32-34,37-38,40,42-44,46,48-69H2,1-2H3/b7-5-,13-11-,19-17-,25-23-,31-29-,36-35-,41-39-,47-45-. The van der Waals surface area contributed by atoms with Gasteiger partial charge in [-0.05, 0) is 77.0 Å². The van der Waals surface area contributed by atoms with Crippen LogP contribution in [0.1, 0.15) is 328 Å². The number of hydrogen-bond acceptors (Lipinski definition) is 5. The summed E-state index contributed by atoms with van der Waals surface area (Å²) in [4.78, 5) is 24.6. The summed E-state index contributed by atoms with van der Waals surface area (Å²) in [5.41, 5.74) is 0. The maximum Gasteiger partial charge on any atom is 0.306 e. The number of aliphatic hydroxyl groups is 1. The van der Waals surface area contributed by atoms with Crippen molar-refractivity contribution >= 4 is 11.9 Å². The number of ether oxygens (including phenoxy) is 2. The molecule has 5 heteroatoms. The molecule has 0 aromatic rings. The molecule has 0 aliphatic rings. The van der Waals surface area contributed by atoms with Gasteiger partial charge in [-0.1, -0.05) is 336 Å². The molecule has 0 saturated carbocycles. The zero-order chi connectivity index (χ0) is 55.5. The van der Waals surface area contributed by atoms with E-state index in [1.54, 1.807) is 0 Å². The Hall–Kier alpha value is -3.18. The molecule has 0 radical (unpaired) electrons. The molecule has 444 valence electrons. The summed E-state index contributed by atoms with van der Waals surface area (Å²) in [6, 6.07) is 0. The summed E-state index contributed by atoms with van der Waals surface area (Å²) < 4.78 is 10.7. The first kappa shape index (κ1) is 73.8. The molecule has 0 aliphatic heterocycles. The number of carbonyl (C=O) groups is 2. The third kappa shape index (κ3) is 65.2. The summed E-state index contributed by atoms with van der Waals surface area (Å²) in [6.45, 7) is 4.06. The lowest BCUT2D eigenvalue weighted by Crippen LogP contribution is -2.28. The molecular weight excluding hydrogens is 945 g/mol. The van der Waals surface area contributed by atoms with Gasteiger partial charge >= 0.3 is 11.9 Å². The minimum Gasteiger partial charge on any atom is -0.462 e. The fourth-order valence-electron chi connectivity index (χ4n) is 9.69. The zero-order valence-electron chi connectivity index (χ0n) is 51.0. The highest BCUT2D eigenvalue weighted by atomic mass is 16.6. The number of esters is 2. The van der Waals surface area contributed by atoms with Crippen LogP contribution in [0.3, 0.4) is 0 Å². The van der Waals surface area contributed by atoms with Crippen LogP contribution in [-0.4, -0.2) is 36.4 Å². The van der Waals surface area contributed by atoms with Gasteiger partial charge in [0.05, 0.1) is 6.61 Å². The van der Waals surface area contributed by atoms with Crippen molar-refractivity contribution in [1.29, 1.82) is 0 Å². The fraction of sp³-hybridized carbons (Fsp3) is 0.750. The minimum atomic E-state index is -0.782. The van der Waals surface area contributed by atoms with Crippen molar-refractivity contribution in [2.45, 2.75) is 335 Å².